The van der Waals surface area contributed by atoms with Crippen molar-refractivity contribution < 1.29 is 17.2 Å². The van der Waals surface area contributed by atoms with E-state index < -0.39 is 38.3 Å². The molecule has 0 aliphatic heterocycles. The number of aromatic amines is 1. The van der Waals surface area contributed by atoms with Gasteiger partial charge in [-0.1, -0.05) is 0 Å². The van der Waals surface area contributed by atoms with Crippen LogP contribution in [0.3, 0.4) is 0 Å². The summed E-state index contributed by atoms with van der Waals surface area (Å²) in [6.07, 6.45) is -2.95. The molecule has 0 aromatic carbocycles. The molecule has 0 fully saturated rings. The van der Waals surface area contributed by atoms with Crippen molar-refractivity contribution in [1.29, 1.82) is 0 Å². The number of anilines is 1. The molecule has 0 saturated carbocycles. The molecule has 1 aromatic rings. The van der Waals surface area contributed by atoms with E-state index in [0.717, 1.165) is 0 Å². The molecule has 0 bridgehead atoms. The summed E-state index contributed by atoms with van der Waals surface area (Å²) in [6, 6.07) is 0.445. The largest absolute Gasteiger partial charge is 0.384 e. The Morgan fingerprint density at radius 1 is 1.40 bits per heavy atom. The maximum atomic E-state index is 12.1. The molecule has 9 heteroatoms. The Kier molecular flexibility index (Phi) is 2.77. The fourth-order valence-electron chi connectivity index (χ4n) is 0.999. The average molecular weight is 239 g/mol. The Bertz CT molecular complexity index is 537. The molecule has 1 rings (SSSR count). The topological polar surface area (TPSA) is 119 Å². The minimum absolute atomic E-state index is 0.445. The van der Waals surface area contributed by atoms with Gasteiger partial charge in [-0.25, -0.2) is 22.3 Å². The van der Waals surface area contributed by atoms with E-state index in [4.69, 9.17) is 5.73 Å². The highest BCUT2D eigenvalue weighted by molar-refractivity contribution is 7.89. The number of sulfonamides is 1. The fourth-order valence-corrected chi connectivity index (χ4v) is 1.70. The smallest absolute Gasteiger partial charge is 0.278 e. The highest BCUT2D eigenvalue weighted by Crippen LogP contribution is 2.18. The minimum atomic E-state index is -4.32. The summed E-state index contributed by atoms with van der Waals surface area (Å²) in [4.78, 5) is 12.1. The first kappa shape index (κ1) is 11.6. The predicted molar refractivity (Wildman–Crippen MR) is 47.8 cm³/mol. The van der Waals surface area contributed by atoms with Crippen LogP contribution in [0.4, 0.5) is 14.6 Å². The van der Waals surface area contributed by atoms with Gasteiger partial charge in [-0.3, -0.25) is 4.79 Å². The quantitative estimate of drug-likeness (QED) is 0.647. The predicted octanol–water partition coefficient (Wildman–Crippen LogP) is -0.458. The van der Waals surface area contributed by atoms with Crippen molar-refractivity contribution in [3.05, 3.63) is 22.0 Å². The lowest BCUT2D eigenvalue weighted by Crippen LogP contribution is -2.24. The molecule has 0 spiro atoms. The lowest BCUT2D eigenvalue weighted by atomic mass is 10.3. The highest BCUT2D eigenvalue weighted by atomic mass is 32.2. The third-order valence-corrected chi connectivity index (χ3v) is 2.54. The van der Waals surface area contributed by atoms with E-state index in [1.165, 1.54) is 0 Å². The van der Waals surface area contributed by atoms with Crippen LogP contribution in [0.2, 0.25) is 0 Å². The molecule has 1 heterocycles. The molecule has 0 unspecified atom stereocenters. The monoisotopic (exact) mass is 239 g/mol. The summed E-state index contributed by atoms with van der Waals surface area (Å²) < 4.78 is 46.0. The van der Waals surface area contributed by atoms with Gasteiger partial charge in [0.2, 0.25) is 15.5 Å². The highest BCUT2D eigenvalue weighted by Gasteiger charge is 2.20. The Morgan fingerprint density at radius 3 is 2.27 bits per heavy atom. The number of H-pyrrole nitrogens is 1. The van der Waals surface area contributed by atoms with E-state index in [2.05, 4.69) is 5.14 Å². The Hall–Kier alpha value is -1.48. The van der Waals surface area contributed by atoms with E-state index in [9.17, 15) is 22.0 Å². The standard InChI is InChI=1S/C6H7F2N3O3S/c7-5(8)2-1-3(12)4(6(9)11-2)15(10,13)14/h1,5H,(H3,9,11,12)(H2,10,13,14). The van der Waals surface area contributed by atoms with Crippen molar-refractivity contribution in [2.45, 2.75) is 11.3 Å². The fraction of sp³-hybridized carbons (Fsp3) is 0.167. The second-order valence-corrected chi connectivity index (χ2v) is 4.18. The Labute approximate surface area is 82.9 Å². The van der Waals surface area contributed by atoms with Crippen LogP contribution in [0.25, 0.3) is 0 Å². The van der Waals surface area contributed by atoms with Gasteiger partial charge in [0.05, 0.1) is 5.69 Å². The summed E-state index contributed by atoms with van der Waals surface area (Å²) in [5, 5.41) is 4.67. The minimum Gasteiger partial charge on any atom is -0.384 e. The van der Waals surface area contributed by atoms with Crippen LogP contribution >= 0.6 is 0 Å². The molecule has 1 aromatic heterocycles. The van der Waals surface area contributed by atoms with Crippen molar-refractivity contribution in [2.75, 3.05) is 5.73 Å². The van der Waals surface area contributed by atoms with Gasteiger partial charge in [0.15, 0.2) is 4.90 Å². The SMILES string of the molecule is Nc1[nH]c(C(F)F)cc(=O)c1S(N)(=O)=O. The van der Waals surface area contributed by atoms with E-state index in [1.54, 1.807) is 0 Å². The van der Waals surface area contributed by atoms with Gasteiger partial charge in [-0.15, -0.1) is 0 Å². The summed E-state index contributed by atoms with van der Waals surface area (Å²) in [5.41, 5.74) is 3.18. The van der Waals surface area contributed by atoms with Crippen molar-refractivity contribution in [3.63, 3.8) is 0 Å². The van der Waals surface area contributed by atoms with Crippen LogP contribution in [0, 0.1) is 0 Å². The van der Waals surface area contributed by atoms with Gasteiger partial charge in [0, 0.05) is 6.07 Å². The summed E-state index contributed by atoms with van der Waals surface area (Å²) in [7, 11) is -4.32. The van der Waals surface area contributed by atoms with Crippen LogP contribution in [0.15, 0.2) is 15.8 Å². The number of aromatic nitrogens is 1. The zero-order valence-corrected chi connectivity index (χ0v) is 8.01. The molecule has 5 N–H and O–H groups in total. The van der Waals surface area contributed by atoms with Gasteiger partial charge in [-0.2, -0.15) is 0 Å². The number of hydrogen-bond acceptors (Lipinski definition) is 4. The Morgan fingerprint density at radius 2 is 1.93 bits per heavy atom. The molecule has 0 atom stereocenters. The number of nitrogens with one attached hydrogen (secondary N) is 1. The summed E-state index contributed by atoms with van der Waals surface area (Å²) >= 11 is 0. The molecule has 0 aliphatic carbocycles. The number of nitrogens with two attached hydrogens (primary N) is 2. The maximum Gasteiger partial charge on any atom is 0.278 e. The van der Waals surface area contributed by atoms with E-state index in [-0.39, 0.29) is 0 Å². The van der Waals surface area contributed by atoms with Gasteiger partial charge in [-0.05, 0) is 0 Å². The van der Waals surface area contributed by atoms with E-state index in [0.29, 0.717) is 6.07 Å². The Balaban J connectivity index is 3.56. The van der Waals surface area contributed by atoms with Crippen molar-refractivity contribution in [3.8, 4) is 0 Å². The van der Waals surface area contributed by atoms with Crippen LogP contribution in [-0.2, 0) is 10.0 Å². The molecule has 0 saturated heterocycles. The second kappa shape index (κ2) is 3.59. The first-order valence-electron chi connectivity index (χ1n) is 3.57. The van der Waals surface area contributed by atoms with Crippen LogP contribution in [-0.4, -0.2) is 13.4 Å². The number of nitrogen functional groups attached to an aromatic ring is 1. The van der Waals surface area contributed by atoms with Crippen LogP contribution < -0.4 is 16.3 Å². The average Bonchev–Trinajstić information content (AvgIpc) is 1.99. The first-order chi connectivity index (χ1) is 6.73. The number of halogens is 2. The molecule has 84 valence electrons. The van der Waals surface area contributed by atoms with Gasteiger partial charge in [0.1, 0.15) is 5.82 Å². The molecule has 6 nitrogen and oxygen atoms in total. The number of rotatable bonds is 2. The number of pyridine rings is 1. The molecular formula is C6H7F2N3O3S. The maximum absolute atomic E-state index is 12.1. The van der Waals surface area contributed by atoms with Crippen molar-refractivity contribution >= 4 is 15.8 Å². The number of hydrogen-bond donors (Lipinski definition) is 3. The van der Waals surface area contributed by atoms with Crippen LogP contribution in [0.1, 0.15) is 12.1 Å². The molecule has 0 aliphatic rings. The zero-order valence-electron chi connectivity index (χ0n) is 7.20. The second-order valence-electron chi connectivity index (χ2n) is 2.68. The molecular weight excluding hydrogens is 232 g/mol. The molecule has 15 heavy (non-hydrogen) atoms. The van der Waals surface area contributed by atoms with Gasteiger partial charge < -0.3 is 10.7 Å². The number of alkyl halides is 2. The van der Waals surface area contributed by atoms with E-state index >= 15 is 0 Å². The molecule has 0 amide bonds. The third kappa shape index (κ3) is 2.30. The normalized spacial score (nSPS) is 12.0. The third-order valence-electron chi connectivity index (χ3n) is 1.55. The van der Waals surface area contributed by atoms with Crippen molar-refractivity contribution in [1.82, 2.24) is 4.98 Å². The number of primary sulfonamides is 1. The van der Waals surface area contributed by atoms with Crippen LogP contribution in [0.5, 0.6) is 0 Å². The van der Waals surface area contributed by atoms with Gasteiger partial charge >= 0.3 is 0 Å². The van der Waals surface area contributed by atoms with Crippen molar-refractivity contribution in [2.24, 2.45) is 5.14 Å². The van der Waals surface area contributed by atoms with E-state index in [1.807, 2.05) is 4.98 Å². The zero-order chi connectivity index (χ0) is 11.8. The lowest BCUT2D eigenvalue weighted by Gasteiger charge is -2.05. The first-order valence-corrected chi connectivity index (χ1v) is 5.11. The van der Waals surface area contributed by atoms with Gasteiger partial charge in [0.25, 0.3) is 6.43 Å². The summed E-state index contributed by atoms with van der Waals surface area (Å²) in [5.74, 6) is -0.694. The lowest BCUT2D eigenvalue weighted by molar-refractivity contribution is 0.146. The summed E-state index contributed by atoms with van der Waals surface area (Å²) in [6.45, 7) is 0. The molecule has 0 radical (unpaired) electrons.